The summed E-state index contributed by atoms with van der Waals surface area (Å²) in [6.45, 7) is 11.2. The van der Waals surface area contributed by atoms with Crippen molar-refractivity contribution in [3.8, 4) is 0 Å². The van der Waals surface area contributed by atoms with Gasteiger partial charge in [0.2, 0.25) is 0 Å². The highest BCUT2D eigenvalue weighted by Gasteiger charge is 2.23. The van der Waals surface area contributed by atoms with Crippen molar-refractivity contribution in [2.75, 3.05) is 25.0 Å². The SMILES string of the molecule is CCNC(CCN(C)c1ccccc1)C(C)(C)C. The maximum atomic E-state index is 3.60. The summed E-state index contributed by atoms with van der Waals surface area (Å²) in [5, 5.41) is 3.60. The molecule has 0 aliphatic rings. The van der Waals surface area contributed by atoms with Gasteiger partial charge in [-0.05, 0) is 30.5 Å². The Morgan fingerprint density at radius 2 is 1.78 bits per heavy atom. The van der Waals surface area contributed by atoms with Gasteiger partial charge >= 0.3 is 0 Å². The zero-order valence-corrected chi connectivity index (χ0v) is 12.5. The van der Waals surface area contributed by atoms with Crippen LogP contribution in [-0.2, 0) is 0 Å². The number of para-hydroxylation sites is 1. The Kier molecular flexibility index (Phi) is 5.67. The van der Waals surface area contributed by atoms with E-state index >= 15 is 0 Å². The quantitative estimate of drug-likeness (QED) is 0.828. The minimum Gasteiger partial charge on any atom is -0.375 e. The van der Waals surface area contributed by atoms with Crippen LogP contribution in [0, 0.1) is 5.41 Å². The zero-order chi connectivity index (χ0) is 13.6. The maximum Gasteiger partial charge on any atom is 0.0363 e. The summed E-state index contributed by atoms with van der Waals surface area (Å²) in [6.07, 6.45) is 1.17. The Balaban J connectivity index is 2.52. The lowest BCUT2D eigenvalue weighted by molar-refractivity contribution is 0.260. The predicted octanol–water partition coefficient (Wildman–Crippen LogP) is 3.54. The highest BCUT2D eigenvalue weighted by molar-refractivity contribution is 5.44. The highest BCUT2D eigenvalue weighted by Crippen LogP contribution is 2.22. The molecule has 1 N–H and O–H groups in total. The summed E-state index contributed by atoms with van der Waals surface area (Å²) in [4.78, 5) is 2.33. The molecular formula is C16H28N2. The van der Waals surface area contributed by atoms with E-state index in [2.05, 4.69) is 75.3 Å². The first kappa shape index (κ1) is 15.0. The maximum absolute atomic E-state index is 3.60. The lowest BCUT2D eigenvalue weighted by Crippen LogP contribution is -2.42. The molecule has 0 bridgehead atoms. The van der Waals surface area contributed by atoms with Gasteiger partial charge in [0.15, 0.2) is 0 Å². The molecule has 1 atom stereocenters. The lowest BCUT2D eigenvalue weighted by Gasteiger charge is -2.33. The molecule has 18 heavy (non-hydrogen) atoms. The van der Waals surface area contributed by atoms with E-state index in [0.29, 0.717) is 11.5 Å². The number of hydrogen-bond acceptors (Lipinski definition) is 2. The van der Waals surface area contributed by atoms with E-state index in [1.807, 2.05) is 0 Å². The summed E-state index contributed by atoms with van der Waals surface area (Å²) in [5.74, 6) is 0. The molecule has 0 aliphatic heterocycles. The van der Waals surface area contributed by atoms with E-state index in [-0.39, 0.29) is 0 Å². The molecule has 2 heteroatoms. The third kappa shape index (κ3) is 4.69. The van der Waals surface area contributed by atoms with Gasteiger partial charge in [0.1, 0.15) is 0 Å². The van der Waals surface area contributed by atoms with Crippen molar-refractivity contribution in [3.05, 3.63) is 30.3 Å². The van der Waals surface area contributed by atoms with Gasteiger partial charge in [-0.1, -0.05) is 45.9 Å². The topological polar surface area (TPSA) is 15.3 Å². The molecule has 1 aromatic rings. The van der Waals surface area contributed by atoms with Crippen molar-refractivity contribution in [3.63, 3.8) is 0 Å². The Morgan fingerprint density at radius 1 is 1.17 bits per heavy atom. The average Bonchev–Trinajstić information content (AvgIpc) is 2.33. The summed E-state index contributed by atoms with van der Waals surface area (Å²) in [5.41, 5.74) is 1.61. The fourth-order valence-electron chi connectivity index (χ4n) is 2.22. The van der Waals surface area contributed by atoms with E-state index in [1.54, 1.807) is 0 Å². The van der Waals surface area contributed by atoms with Crippen molar-refractivity contribution in [1.82, 2.24) is 5.32 Å². The van der Waals surface area contributed by atoms with Crippen LogP contribution in [0.3, 0.4) is 0 Å². The normalized spacial score (nSPS) is 13.4. The number of benzene rings is 1. The largest absolute Gasteiger partial charge is 0.375 e. The first-order valence-electron chi connectivity index (χ1n) is 6.94. The van der Waals surface area contributed by atoms with Crippen molar-refractivity contribution in [1.29, 1.82) is 0 Å². The third-order valence-corrected chi connectivity index (χ3v) is 3.45. The first-order chi connectivity index (χ1) is 8.45. The van der Waals surface area contributed by atoms with Crippen LogP contribution in [0.2, 0.25) is 0 Å². The van der Waals surface area contributed by atoms with Gasteiger partial charge < -0.3 is 10.2 Å². The van der Waals surface area contributed by atoms with Gasteiger partial charge in [-0.2, -0.15) is 0 Å². The standard InChI is InChI=1S/C16H28N2/c1-6-17-15(16(2,3)4)12-13-18(5)14-10-8-7-9-11-14/h7-11,15,17H,6,12-13H2,1-5H3. The van der Waals surface area contributed by atoms with Crippen LogP contribution < -0.4 is 10.2 Å². The average molecular weight is 248 g/mol. The summed E-state index contributed by atoms with van der Waals surface area (Å²) >= 11 is 0. The Bertz CT molecular complexity index is 327. The fourth-order valence-corrected chi connectivity index (χ4v) is 2.22. The molecule has 0 amide bonds. The summed E-state index contributed by atoms with van der Waals surface area (Å²) in [6, 6.07) is 11.1. The van der Waals surface area contributed by atoms with Crippen molar-refractivity contribution >= 4 is 5.69 Å². The number of anilines is 1. The summed E-state index contributed by atoms with van der Waals surface area (Å²) < 4.78 is 0. The van der Waals surface area contributed by atoms with Crippen LogP contribution in [0.25, 0.3) is 0 Å². The van der Waals surface area contributed by atoms with E-state index in [0.717, 1.165) is 13.1 Å². The van der Waals surface area contributed by atoms with Crippen LogP contribution in [0.1, 0.15) is 34.1 Å². The second kappa shape index (κ2) is 6.79. The molecule has 0 spiro atoms. The lowest BCUT2D eigenvalue weighted by atomic mass is 9.84. The van der Waals surface area contributed by atoms with Gasteiger partial charge in [-0.3, -0.25) is 0 Å². The molecule has 0 saturated carbocycles. The molecule has 1 aromatic carbocycles. The molecule has 102 valence electrons. The number of nitrogens with one attached hydrogen (secondary N) is 1. The van der Waals surface area contributed by atoms with E-state index < -0.39 is 0 Å². The second-order valence-corrected chi connectivity index (χ2v) is 6.02. The molecule has 0 fully saturated rings. The molecule has 0 saturated heterocycles. The van der Waals surface area contributed by atoms with E-state index in [9.17, 15) is 0 Å². The molecule has 0 heterocycles. The molecule has 1 unspecified atom stereocenters. The molecule has 0 aliphatic carbocycles. The van der Waals surface area contributed by atoms with Gasteiger partial charge in [0.25, 0.3) is 0 Å². The number of hydrogen-bond donors (Lipinski definition) is 1. The van der Waals surface area contributed by atoms with Crippen molar-refractivity contribution < 1.29 is 0 Å². The second-order valence-electron chi connectivity index (χ2n) is 6.02. The minimum atomic E-state index is 0.313. The van der Waals surface area contributed by atoms with Crippen molar-refractivity contribution in [2.45, 2.75) is 40.2 Å². The fraction of sp³-hybridized carbons (Fsp3) is 0.625. The van der Waals surface area contributed by atoms with Crippen LogP contribution in [0.5, 0.6) is 0 Å². The Morgan fingerprint density at radius 3 is 2.28 bits per heavy atom. The molecular weight excluding hydrogens is 220 g/mol. The number of rotatable bonds is 6. The molecule has 2 nitrogen and oxygen atoms in total. The predicted molar refractivity (Wildman–Crippen MR) is 81.2 cm³/mol. The van der Waals surface area contributed by atoms with Crippen LogP contribution in [0.4, 0.5) is 5.69 Å². The van der Waals surface area contributed by atoms with Crippen LogP contribution >= 0.6 is 0 Å². The highest BCUT2D eigenvalue weighted by atomic mass is 15.1. The summed E-state index contributed by atoms with van der Waals surface area (Å²) in [7, 11) is 2.17. The van der Waals surface area contributed by atoms with Gasteiger partial charge in [-0.15, -0.1) is 0 Å². The minimum absolute atomic E-state index is 0.313. The van der Waals surface area contributed by atoms with E-state index in [1.165, 1.54) is 12.1 Å². The smallest absolute Gasteiger partial charge is 0.0363 e. The Labute approximate surface area is 112 Å². The molecule has 1 rings (SSSR count). The van der Waals surface area contributed by atoms with Gasteiger partial charge in [0, 0.05) is 25.3 Å². The zero-order valence-electron chi connectivity index (χ0n) is 12.5. The van der Waals surface area contributed by atoms with Gasteiger partial charge in [-0.25, -0.2) is 0 Å². The molecule has 0 radical (unpaired) electrons. The number of nitrogens with zero attached hydrogens (tertiary/aromatic N) is 1. The van der Waals surface area contributed by atoms with Crippen molar-refractivity contribution in [2.24, 2.45) is 5.41 Å². The van der Waals surface area contributed by atoms with E-state index in [4.69, 9.17) is 0 Å². The van der Waals surface area contributed by atoms with Gasteiger partial charge in [0.05, 0.1) is 0 Å². The third-order valence-electron chi connectivity index (χ3n) is 3.45. The van der Waals surface area contributed by atoms with Crippen LogP contribution in [0.15, 0.2) is 30.3 Å². The van der Waals surface area contributed by atoms with Crippen LogP contribution in [-0.4, -0.2) is 26.2 Å². The molecule has 0 aromatic heterocycles. The Hall–Kier alpha value is -1.02. The first-order valence-corrected chi connectivity index (χ1v) is 6.94. The monoisotopic (exact) mass is 248 g/mol.